The average molecular weight is 210 g/mol. The zero-order chi connectivity index (χ0) is 11.8. The maximum absolute atomic E-state index is 11.7. The van der Waals surface area contributed by atoms with Gasteiger partial charge in [0, 0.05) is 12.6 Å². The van der Waals surface area contributed by atoms with Crippen molar-refractivity contribution < 1.29 is 4.79 Å². The number of hydrogen-bond acceptors (Lipinski definition) is 2. The lowest BCUT2D eigenvalue weighted by atomic mass is 10.1. The van der Waals surface area contributed by atoms with Gasteiger partial charge in [0.2, 0.25) is 5.91 Å². The Bertz CT molecular complexity index is 226. The van der Waals surface area contributed by atoms with Gasteiger partial charge in [0.15, 0.2) is 0 Å². The molecule has 0 spiro atoms. The first kappa shape index (κ1) is 14.0. The number of nitriles is 1. The fourth-order valence-corrected chi connectivity index (χ4v) is 1.75. The van der Waals surface area contributed by atoms with Gasteiger partial charge in [-0.15, -0.1) is 0 Å². The monoisotopic (exact) mass is 210 g/mol. The highest BCUT2D eigenvalue weighted by atomic mass is 16.2. The van der Waals surface area contributed by atoms with E-state index in [2.05, 4.69) is 27.7 Å². The fraction of sp³-hybridized carbons (Fsp3) is 0.833. The number of carbonyl (C=O) groups is 1. The van der Waals surface area contributed by atoms with Crippen molar-refractivity contribution in [3.63, 3.8) is 0 Å². The number of carbonyl (C=O) groups excluding carboxylic acids is 1. The van der Waals surface area contributed by atoms with Gasteiger partial charge < -0.3 is 4.90 Å². The summed E-state index contributed by atoms with van der Waals surface area (Å²) in [7, 11) is 0. The quantitative estimate of drug-likeness (QED) is 0.676. The van der Waals surface area contributed by atoms with Gasteiger partial charge in [0.05, 0.1) is 6.07 Å². The molecule has 0 aromatic heterocycles. The van der Waals surface area contributed by atoms with Crippen LogP contribution in [0.4, 0.5) is 0 Å². The molecule has 0 aliphatic carbocycles. The summed E-state index contributed by atoms with van der Waals surface area (Å²) < 4.78 is 0. The minimum Gasteiger partial charge on any atom is -0.339 e. The largest absolute Gasteiger partial charge is 0.339 e. The molecule has 0 atom stereocenters. The van der Waals surface area contributed by atoms with Crippen LogP contribution in [0, 0.1) is 17.2 Å². The summed E-state index contributed by atoms with van der Waals surface area (Å²) >= 11 is 0. The predicted molar refractivity (Wildman–Crippen MR) is 61.2 cm³/mol. The molecule has 0 aliphatic heterocycles. The van der Waals surface area contributed by atoms with E-state index >= 15 is 0 Å². The molecule has 1 amide bonds. The molecule has 0 heterocycles. The minimum atomic E-state index is -0.0279. The topological polar surface area (TPSA) is 44.1 Å². The Balaban J connectivity index is 4.56. The van der Waals surface area contributed by atoms with Gasteiger partial charge in [0.1, 0.15) is 6.42 Å². The molecule has 15 heavy (non-hydrogen) atoms. The molecule has 86 valence electrons. The van der Waals surface area contributed by atoms with E-state index < -0.39 is 0 Å². The van der Waals surface area contributed by atoms with E-state index in [4.69, 9.17) is 5.26 Å². The number of hydrogen-bond donors (Lipinski definition) is 0. The van der Waals surface area contributed by atoms with E-state index in [1.54, 1.807) is 0 Å². The predicted octanol–water partition coefficient (Wildman–Crippen LogP) is 2.57. The SMILES string of the molecule is CCC(CC)N(CC(C)C)C(=O)CC#N. The molecule has 0 bridgehead atoms. The van der Waals surface area contributed by atoms with Crippen molar-refractivity contribution in [2.75, 3.05) is 6.54 Å². The van der Waals surface area contributed by atoms with Crippen LogP contribution in [-0.2, 0) is 4.79 Å². The summed E-state index contributed by atoms with van der Waals surface area (Å²) in [6, 6.07) is 2.22. The molecule has 0 fully saturated rings. The number of rotatable bonds is 6. The lowest BCUT2D eigenvalue weighted by Gasteiger charge is -2.31. The highest BCUT2D eigenvalue weighted by Crippen LogP contribution is 2.12. The number of nitrogens with zero attached hydrogens (tertiary/aromatic N) is 2. The maximum Gasteiger partial charge on any atom is 0.237 e. The van der Waals surface area contributed by atoms with Gasteiger partial charge in [-0.25, -0.2) is 0 Å². The van der Waals surface area contributed by atoms with Gasteiger partial charge in [-0.3, -0.25) is 4.79 Å². The molecule has 0 N–H and O–H groups in total. The van der Waals surface area contributed by atoms with Crippen molar-refractivity contribution in [3.05, 3.63) is 0 Å². The van der Waals surface area contributed by atoms with E-state index in [9.17, 15) is 4.79 Å². The fourth-order valence-electron chi connectivity index (χ4n) is 1.75. The number of amides is 1. The first-order valence-corrected chi connectivity index (χ1v) is 5.73. The molecule has 0 aromatic carbocycles. The third-order valence-corrected chi connectivity index (χ3v) is 2.50. The van der Waals surface area contributed by atoms with Crippen molar-refractivity contribution in [1.29, 1.82) is 5.26 Å². The van der Waals surface area contributed by atoms with E-state index in [-0.39, 0.29) is 18.4 Å². The maximum atomic E-state index is 11.7. The van der Waals surface area contributed by atoms with E-state index in [1.807, 2.05) is 11.0 Å². The summed E-state index contributed by atoms with van der Waals surface area (Å²) in [5, 5.41) is 8.55. The Morgan fingerprint density at radius 2 is 1.87 bits per heavy atom. The van der Waals surface area contributed by atoms with Gasteiger partial charge >= 0.3 is 0 Å². The van der Waals surface area contributed by atoms with Crippen molar-refractivity contribution in [2.45, 2.75) is 53.0 Å². The molecule has 0 saturated heterocycles. The van der Waals surface area contributed by atoms with E-state index in [1.165, 1.54) is 0 Å². The Morgan fingerprint density at radius 1 is 1.33 bits per heavy atom. The first-order chi connectivity index (χ1) is 7.06. The van der Waals surface area contributed by atoms with Crippen LogP contribution in [0.1, 0.15) is 47.0 Å². The van der Waals surface area contributed by atoms with Crippen LogP contribution in [-0.4, -0.2) is 23.4 Å². The zero-order valence-corrected chi connectivity index (χ0v) is 10.3. The minimum absolute atomic E-state index is 0.00319. The third kappa shape index (κ3) is 4.83. The molecular formula is C12H22N2O. The van der Waals surface area contributed by atoms with Crippen LogP contribution in [0.3, 0.4) is 0 Å². The molecule has 3 nitrogen and oxygen atoms in total. The van der Waals surface area contributed by atoms with E-state index in [0.717, 1.165) is 19.4 Å². The normalized spacial score (nSPS) is 10.5. The molecular weight excluding hydrogens is 188 g/mol. The van der Waals surface area contributed by atoms with Crippen molar-refractivity contribution in [2.24, 2.45) is 5.92 Å². The summed E-state index contributed by atoms with van der Waals surface area (Å²) in [4.78, 5) is 13.6. The molecule has 0 rings (SSSR count). The summed E-state index contributed by atoms with van der Waals surface area (Å²) in [6.07, 6.45) is 1.92. The second kappa shape index (κ2) is 7.28. The van der Waals surface area contributed by atoms with Crippen LogP contribution in [0.25, 0.3) is 0 Å². The second-order valence-corrected chi connectivity index (χ2v) is 4.25. The highest BCUT2D eigenvalue weighted by molar-refractivity contribution is 5.78. The van der Waals surface area contributed by atoms with Crippen LogP contribution in [0.2, 0.25) is 0 Å². The summed E-state index contributed by atoms with van der Waals surface area (Å²) in [6.45, 7) is 9.11. The van der Waals surface area contributed by atoms with Crippen LogP contribution in [0.5, 0.6) is 0 Å². The van der Waals surface area contributed by atoms with Crippen LogP contribution >= 0.6 is 0 Å². The highest BCUT2D eigenvalue weighted by Gasteiger charge is 2.21. The van der Waals surface area contributed by atoms with Gasteiger partial charge in [-0.2, -0.15) is 5.26 Å². The molecule has 3 heteroatoms. The molecule has 0 aromatic rings. The molecule has 0 unspecified atom stereocenters. The Labute approximate surface area is 93.1 Å². The van der Waals surface area contributed by atoms with Gasteiger partial charge in [-0.1, -0.05) is 27.7 Å². The Kier molecular flexibility index (Phi) is 6.77. The Morgan fingerprint density at radius 3 is 2.20 bits per heavy atom. The van der Waals surface area contributed by atoms with E-state index in [0.29, 0.717) is 5.92 Å². The molecule has 0 saturated carbocycles. The summed E-state index contributed by atoms with van der Waals surface area (Å²) in [5.41, 5.74) is 0. The van der Waals surface area contributed by atoms with Gasteiger partial charge in [-0.05, 0) is 18.8 Å². The smallest absolute Gasteiger partial charge is 0.237 e. The Hall–Kier alpha value is -1.04. The first-order valence-electron chi connectivity index (χ1n) is 5.73. The van der Waals surface area contributed by atoms with Gasteiger partial charge in [0.25, 0.3) is 0 Å². The van der Waals surface area contributed by atoms with Crippen molar-refractivity contribution in [1.82, 2.24) is 4.90 Å². The zero-order valence-electron chi connectivity index (χ0n) is 10.3. The lowest BCUT2D eigenvalue weighted by molar-refractivity contribution is -0.133. The van der Waals surface area contributed by atoms with Crippen LogP contribution < -0.4 is 0 Å². The average Bonchev–Trinajstić information content (AvgIpc) is 2.18. The van der Waals surface area contributed by atoms with Crippen molar-refractivity contribution in [3.8, 4) is 6.07 Å². The third-order valence-electron chi connectivity index (χ3n) is 2.50. The standard InChI is InChI=1S/C12H22N2O/c1-5-11(6-2)14(9-10(3)4)12(15)7-8-13/h10-11H,5-7,9H2,1-4H3. The summed E-state index contributed by atoms with van der Waals surface area (Å²) in [5.74, 6) is 0.424. The van der Waals surface area contributed by atoms with Crippen molar-refractivity contribution >= 4 is 5.91 Å². The molecule has 0 aliphatic rings. The second-order valence-electron chi connectivity index (χ2n) is 4.25. The van der Waals surface area contributed by atoms with Crippen LogP contribution in [0.15, 0.2) is 0 Å². The lowest BCUT2D eigenvalue weighted by Crippen LogP contribution is -2.41. The molecule has 0 radical (unpaired) electrons.